The molecule has 0 fully saturated rings. The summed E-state index contributed by atoms with van der Waals surface area (Å²) in [6, 6.07) is 7.49. The summed E-state index contributed by atoms with van der Waals surface area (Å²) in [6.45, 7) is 0.163. The summed E-state index contributed by atoms with van der Waals surface area (Å²) in [7, 11) is 0. The van der Waals surface area contributed by atoms with Crippen LogP contribution in [0.4, 0.5) is 0 Å². The van der Waals surface area contributed by atoms with Crippen molar-refractivity contribution in [1.82, 2.24) is 4.57 Å². The van der Waals surface area contributed by atoms with Gasteiger partial charge in [0.25, 0.3) is 0 Å². The third kappa shape index (κ3) is 1.71. The molecule has 2 rings (SSSR count). The predicted octanol–water partition coefficient (Wildman–Crippen LogP) is 0.619. The van der Waals surface area contributed by atoms with Gasteiger partial charge in [-0.15, -0.1) is 0 Å². The molecule has 0 atom stereocenters. The topological polar surface area (TPSA) is 68.2 Å². The van der Waals surface area contributed by atoms with Crippen LogP contribution in [0.5, 0.6) is 0 Å². The van der Waals surface area contributed by atoms with Gasteiger partial charge in [0.15, 0.2) is 0 Å². The Morgan fingerprint density at radius 1 is 1.40 bits per heavy atom. The van der Waals surface area contributed by atoms with E-state index in [4.69, 9.17) is 10.8 Å². The van der Waals surface area contributed by atoms with E-state index in [1.165, 1.54) is 0 Å². The summed E-state index contributed by atoms with van der Waals surface area (Å²) in [5.41, 5.74) is 6.91. The lowest BCUT2D eigenvalue weighted by molar-refractivity contribution is -0.118. The first-order valence-corrected chi connectivity index (χ1v) is 4.68. The molecule has 3 N–H and O–H groups in total. The van der Waals surface area contributed by atoms with Crippen LogP contribution in [-0.2, 0) is 17.9 Å². The molecule has 1 amide bonds. The molecule has 4 nitrogen and oxygen atoms in total. The second kappa shape index (κ2) is 3.74. The molecule has 1 aromatic heterocycles. The molecule has 0 radical (unpaired) electrons. The zero-order chi connectivity index (χ0) is 10.8. The summed E-state index contributed by atoms with van der Waals surface area (Å²) in [6.07, 6.45) is 1.80. The number of benzene rings is 1. The zero-order valence-electron chi connectivity index (χ0n) is 8.18. The predicted molar refractivity (Wildman–Crippen MR) is 57.1 cm³/mol. The van der Waals surface area contributed by atoms with Gasteiger partial charge >= 0.3 is 0 Å². The number of rotatable bonds is 3. The second-order valence-electron chi connectivity index (χ2n) is 3.42. The number of hydrogen-bond donors (Lipinski definition) is 2. The number of nitrogens with two attached hydrogens (primary N) is 1. The first kappa shape index (κ1) is 9.73. The highest BCUT2D eigenvalue weighted by molar-refractivity contribution is 5.85. The third-order valence-corrected chi connectivity index (χ3v) is 2.40. The molecule has 1 heterocycles. The number of carbonyl (C=O) groups excluding carboxylic acids is 1. The van der Waals surface area contributed by atoms with Crippen molar-refractivity contribution in [2.75, 3.05) is 0 Å². The van der Waals surface area contributed by atoms with E-state index in [9.17, 15) is 4.79 Å². The minimum atomic E-state index is -0.373. The van der Waals surface area contributed by atoms with Crippen LogP contribution in [0, 0.1) is 0 Å². The third-order valence-electron chi connectivity index (χ3n) is 2.40. The Morgan fingerprint density at radius 3 is 2.87 bits per heavy atom. The van der Waals surface area contributed by atoms with E-state index in [1.807, 2.05) is 24.3 Å². The number of aromatic nitrogens is 1. The minimum absolute atomic E-state index is 0.00206. The van der Waals surface area contributed by atoms with E-state index in [1.54, 1.807) is 10.8 Å². The van der Waals surface area contributed by atoms with Gasteiger partial charge in [-0.05, 0) is 17.7 Å². The van der Waals surface area contributed by atoms with Gasteiger partial charge in [-0.2, -0.15) is 0 Å². The van der Waals surface area contributed by atoms with Crippen LogP contribution in [-0.4, -0.2) is 15.6 Å². The molecule has 2 aromatic rings. The van der Waals surface area contributed by atoms with Crippen LogP contribution in [0.1, 0.15) is 5.56 Å². The average molecular weight is 204 g/mol. The van der Waals surface area contributed by atoms with Gasteiger partial charge < -0.3 is 15.4 Å². The number of aliphatic hydroxyl groups excluding tert-OH is 1. The van der Waals surface area contributed by atoms with E-state index < -0.39 is 0 Å². The Bertz CT molecular complexity index is 502. The van der Waals surface area contributed by atoms with Crippen molar-refractivity contribution < 1.29 is 9.90 Å². The Balaban J connectivity index is 2.55. The standard InChI is InChI=1S/C11H12N2O2/c12-11(15)6-13-5-4-9-8(7-14)2-1-3-10(9)13/h1-5,14H,6-7H2,(H2,12,15). The molecule has 0 saturated heterocycles. The number of fused-ring (bicyclic) bond motifs is 1. The highest BCUT2D eigenvalue weighted by Crippen LogP contribution is 2.20. The Hall–Kier alpha value is -1.81. The molecule has 4 heteroatoms. The highest BCUT2D eigenvalue weighted by atomic mass is 16.3. The lowest BCUT2D eigenvalue weighted by atomic mass is 10.1. The fourth-order valence-corrected chi connectivity index (χ4v) is 1.73. The Kier molecular flexibility index (Phi) is 2.43. The fraction of sp³-hybridized carbons (Fsp3) is 0.182. The molecule has 78 valence electrons. The first-order chi connectivity index (χ1) is 7.22. The number of carbonyl (C=O) groups is 1. The summed E-state index contributed by atoms with van der Waals surface area (Å²) < 4.78 is 1.77. The lowest BCUT2D eigenvalue weighted by Gasteiger charge is -2.03. The van der Waals surface area contributed by atoms with Crippen molar-refractivity contribution in [3.05, 3.63) is 36.0 Å². The second-order valence-corrected chi connectivity index (χ2v) is 3.42. The molecular formula is C11H12N2O2. The first-order valence-electron chi connectivity index (χ1n) is 4.68. The normalized spacial score (nSPS) is 10.7. The molecule has 0 bridgehead atoms. The minimum Gasteiger partial charge on any atom is -0.392 e. The van der Waals surface area contributed by atoms with E-state index in [-0.39, 0.29) is 19.1 Å². The Morgan fingerprint density at radius 2 is 2.20 bits per heavy atom. The maximum absolute atomic E-state index is 10.8. The molecule has 0 spiro atoms. The van der Waals surface area contributed by atoms with Crippen molar-refractivity contribution >= 4 is 16.8 Å². The molecule has 0 aliphatic heterocycles. The number of aliphatic hydroxyl groups is 1. The summed E-state index contributed by atoms with van der Waals surface area (Å²) in [4.78, 5) is 10.8. The van der Waals surface area contributed by atoms with E-state index in [2.05, 4.69) is 0 Å². The van der Waals surface area contributed by atoms with Crippen molar-refractivity contribution in [2.24, 2.45) is 5.73 Å². The van der Waals surface area contributed by atoms with Gasteiger partial charge in [0.2, 0.25) is 5.91 Å². The smallest absolute Gasteiger partial charge is 0.237 e. The van der Waals surface area contributed by atoms with E-state index in [0.29, 0.717) is 0 Å². The van der Waals surface area contributed by atoms with Crippen LogP contribution < -0.4 is 5.73 Å². The highest BCUT2D eigenvalue weighted by Gasteiger charge is 2.05. The van der Waals surface area contributed by atoms with Crippen molar-refractivity contribution in [3.63, 3.8) is 0 Å². The van der Waals surface area contributed by atoms with Gasteiger partial charge in [-0.25, -0.2) is 0 Å². The van der Waals surface area contributed by atoms with Gasteiger partial charge in [0, 0.05) is 17.1 Å². The zero-order valence-corrected chi connectivity index (χ0v) is 8.18. The van der Waals surface area contributed by atoms with Crippen LogP contribution in [0.3, 0.4) is 0 Å². The monoisotopic (exact) mass is 204 g/mol. The summed E-state index contributed by atoms with van der Waals surface area (Å²) >= 11 is 0. The van der Waals surface area contributed by atoms with Crippen molar-refractivity contribution in [2.45, 2.75) is 13.2 Å². The van der Waals surface area contributed by atoms with E-state index in [0.717, 1.165) is 16.5 Å². The molecular weight excluding hydrogens is 192 g/mol. The number of amides is 1. The maximum Gasteiger partial charge on any atom is 0.237 e. The Labute approximate surface area is 86.9 Å². The quantitative estimate of drug-likeness (QED) is 0.769. The number of primary amides is 1. The fourth-order valence-electron chi connectivity index (χ4n) is 1.73. The van der Waals surface area contributed by atoms with E-state index >= 15 is 0 Å². The van der Waals surface area contributed by atoms with Gasteiger partial charge in [-0.3, -0.25) is 4.79 Å². The van der Waals surface area contributed by atoms with Crippen LogP contribution >= 0.6 is 0 Å². The van der Waals surface area contributed by atoms with Gasteiger partial charge in [0.05, 0.1) is 6.61 Å². The van der Waals surface area contributed by atoms with Crippen molar-refractivity contribution in [1.29, 1.82) is 0 Å². The maximum atomic E-state index is 10.8. The van der Waals surface area contributed by atoms with Gasteiger partial charge in [-0.1, -0.05) is 12.1 Å². The summed E-state index contributed by atoms with van der Waals surface area (Å²) in [5.74, 6) is -0.373. The lowest BCUT2D eigenvalue weighted by Crippen LogP contribution is -2.17. The molecule has 0 unspecified atom stereocenters. The van der Waals surface area contributed by atoms with Crippen LogP contribution in [0.25, 0.3) is 10.9 Å². The number of nitrogens with zero attached hydrogens (tertiary/aromatic N) is 1. The molecule has 0 aliphatic carbocycles. The summed E-state index contributed by atoms with van der Waals surface area (Å²) in [5, 5.41) is 10.1. The SMILES string of the molecule is NC(=O)Cn1ccc2c(CO)cccc21. The molecule has 0 aliphatic rings. The van der Waals surface area contributed by atoms with Crippen LogP contribution in [0.2, 0.25) is 0 Å². The van der Waals surface area contributed by atoms with Crippen LogP contribution in [0.15, 0.2) is 30.5 Å². The van der Waals surface area contributed by atoms with Gasteiger partial charge in [0.1, 0.15) is 6.54 Å². The number of hydrogen-bond acceptors (Lipinski definition) is 2. The molecule has 15 heavy (non-hydrogen) atoms. The average Bonchev–Trinajstić information content (AvgIpc) is 2.61. The molecule has 1 aromatic carbocycles. The molecule has 0 saturated carbocycles. The van der Waals surface area contributed by atoms with Crippen molar-refractivity contribution in [3.8, 4) is 0 Å². The largest absolute Gasteiger partial charge is 0.392 e.